The molecule has 0 aliphatic carbocycles. The highest BCUT2D eigenvalue weighted by molar-refractivity contribution is 5.59. The molecule has 0 spiro atoms. The first kappa shape index (κ1) is 17.8. The molecular formula is C20H22N2O4. The van der Waals surface area contributed by atoms with Crippen molar-refractivity contribution in [2.45, 2.75) is 27.4 Å². The molecule has 3 aromatic rings. The normalized spacial score (nSPS) is 10.7. The molecule has 0 aliphatic rings. The van der Waals surface area contributed by atoms with Crippen LogP contribution in [0, 0.1) is 20.8 Å². The van der Waals surface area contributed by atoms with E-state index in [1.807, 2.05) is 19.1 Å². The fourth-order valence-electron chi connectivity index (χ4n) is 2.63. The third-order valence-electron chi connectivity index (χ3n) is 4.24. The van der Waals surface area contributed by atoms with Gasteiger partial charge in [0.05, 0.1) is 14.2 Å². The molecule has 1 aromatic heterocycles. The lowest BCUT2D eigenvalue weighted by Gasteiger charge is -2.10. The summed E-state index contributed by atoms with van der Waals surface area (Å²) in [7, 11) is 3.18. The van der Waals surface area contributed by atoms with Crippen molar-refractivity contribution in [2.24, 2.45) is 0 Å². The summed E-state index contributed by atoms with van der Waals surface area (Å²) in [6.07, 6.45) is 0. The van der Waals surface area contributed by atoms with Crippen molar-refractivity contribution in [1.29, 1.82) is 0 Å². The molecule has 6 heteroatoms. The zero-order valence-electron chi connectivity index (χ0n) is 15.6. The van der Waals surface area contributed by atoms with Crippen LogP contribution in [0.1, 0.15) is 22.6 Å². The molecule has 2 aromatic carbocycles. The van der Waals surface area contributed by atoms with Crippen LogP contribution in [0.5, 0.6) is 17.2 Å². The summed E-state index contributed by atoms with van der Waals surface area (Å²) in [4.78, 5) is 0. The fourth-order valence-corrected chi connectivity index (χ4v) is 2.63. The van der Waals surface area contributed by atoms with Gasteiger partial charge < -0.3 is 18.6 Å². The van der Waals surface area contributed by atoms with Gasteiger partial charge in [-0.05, 0) is 61.7 Å². The van der Waals surface area contributed by atoms with Gasteiger partial charge in [0.25, 0.3) is 5.89 Å². The van der Waals surface area contributed by atoms with Gasteiger partial charge in [0.1, 0.15) is 5.75 Å². The number of aromatic nitrogens is 2. The highest BCUT2D eigenvalue weighted by Gasteiger charge is 2.13. The van der Waals surface area contributed by atoms with Crippen LogP contribution in [0.3, 0.4) is 0 Å². The van der Waals surface area contributed by atoms with Gasteiger partial charge in [0.15, 0.2) is 18.1 Å². The number of benzene rings is 2. The van der Waals surface area contributed by atoms with Gasteiger partial charge in [0.2, 0.25) is 5.89 Å². The maximum atomic E-state index is 5.85. The Hall–Kier alpha value is -3.02. The van der Waals surface area contributed by atoms with Gasteiger partial charge in [-0.2, -0.15) is 0 Å². The molecule has 0 fully saturated rings. The lowest BCUT2D eigenvalue weighted by molar-refractivity contribution is 0.262. The van der Waals surface area contributed by atoms with Crippen LogP contribution in [0.4, 0.5) is 0 Å². The Morgan fingerprint density at radius 2 is 1.54 bits per heavy atom. The summed E-state index contributed by atoms with van der Waals surface area (Å²) in [5, 5.41) is 8.15. The zero-order chi connectivity index (χ0) is 18.7. The minimum absolute atomic E-state index is 0.212. The van der Waals surface area contributed by atoms with Crippen LogP contribution in [0.25, 0.3) is 11.5 Å². The molecule has 0 N–H and O–H groups in total. The number of methoxy groups -OCH3 is 2. The standard InChI is InChI=1S/C20H22N2O4/c1-12-8-14(3)17(9-13(12)2)25-11-19-21-22-20(26-19)15-6-7-16(23-4)18(10-15)24-5/h6-10H,11H2,1-5H3. The Bertz CT molecular complexity index is 918. The second kappa shape index (κ2) is 7.47. The van der Waals surface area contributed by atoms with Crippen molar-refractivity contribution in [3.05, 3.63) is 52.9 Å². The molecule has 0 aliphatic heterocycles. The smallest absolute Gasteiger partial charge is 0.254 e. The average molecular weight is 354 g/mol. The maximum Gasteiger partial charge on any atom is 0.254 e. The van der Waals surface area contributed by atoms with Crippen LogP contribution in [0.2, 0.25) is 0 Å². The van der Waals surface area contributed by atoms with Gasteiger partial charge in [-0.1, -0.05) is 6.07 Å². The number of hydrogen-bond acceptors (Lipinski definition) is 6. The number of hydrogen-bond donors (Lipinski definition) is 0. The summed E-state index contributed by atoms with van der Waals surface area (Å²) in [6.45, 7) is 6.37. The predicted molar refractivity (Wildman–Crippen MR) is 97.8 cm³/mol. The number of ether oxygens (including phenoxy) is 3. The Labute approximate surface area is 152 Å². The largest absolute Gasteiger partial charge is 0.493 e. The number of nitrogens with zero attached hydrogens (tertiary/aromatic N) is 2. The Kier molecular flexibility index (Phi) is 5.11. The summed E-state index contributed by atoms with van der Waals surface area (Å²) >= 11 is 0. The second-order valence-electron chi connectivity index (χ2n) is 6.06. The molecular weight excluding hydrogens is 332 g/mol. The van der Waals surface area contributed by atoms with E-state index in [0.29, 0.717) is 23.3 Å². The van der Waals surface area contributed by atoms with E-state index in [1.165, 1.54) is 11.1 Å². The Morgan fingerprint density at radius 1 is 0.808 bits per heavy atom. The van der Waals surface area contributed by atoms with E-state index in [0.717, 1.165) is 16.9 Å². The van der Waals surface area contributed by atoms with Crippen LogP contribution < -0.4 is 14.2 Å². The third kappa shape index (κ3) is 3.64. The first-order chi connectivity index (χ1) is 12.5. The summed E-state index contributed by atoms with van der Waals surface area (Å²) < 4.78 is 22.1. The molecule has 3 rings (SSSR count). The van der Waals surface area contributed by atoms with Gasteiger partial charge in [0, 0.05) is 5.56 Å². The van der Waals surface area contributed by atoms with Crippen molar-refractivity contribution in [3.63, 3.8) is 0 Å². The van der Waals surface area contributed by atoms with Crippen molar-refractivity contribution < 1.29 is 18.6 Å². The number of rotatable bonds is 6. The minimum atomic E-state index is 0.212. The van der Waals surface area contributed by atoms with Crippen LogP contribution in [0.15, 0.2) is 34.7 Å². The molecule has 0 saturated heterocycles. The van der Waals surface area contributed by atoms with E-state index < -0.39 is 0 Å². The van der Waals surface area contributed by atoms with Crippen LogP contribution in [-0.4, -0.2) is 24.4 Å². The maximum absolute atomic E-state index is 5.85. The quantitative estimate of drug-likeness (QED) is 0.659. The SMILES string of the molecule is COc1ccc(-c2nnc(COc3cc(C)c(C)cc3C)o2)cc1OC. The first-order valence-corrected chi connectivity index (χ1v) is 8.27. The Morgan fingerprint density at radius 3 is 2.27 bits per heavy atom. The second-order valence-corrected chi connectivity index (χ2v) is 6.06. The monoisotopic (exact) mass is 354 g/mol. The first-order valence-electron chi connectivity index (χ1n) is 8.27. The van der Waals surface area contributed by atoms with E-state index in [2.05, 4.69) is 30.1 Å². The van der Waals surface area contributed by atoms with Gasteiger partial charge in [-0.25, -0.2) is 0 Å². The Balaban J connectivity index is 1.75. The lowest BCUT2D eigenvalue weighted by Crippen LogP contribution is -1.98. The van der Waals surface area contributed by atoms with Crippen molar-refractivity contribution in [3.8, 4) is 28.7 Å². The van der Waals surface area contributed by atoms with E-state index in [-0.39, 0.29) is 6.61 Å². The van der Waals surface area contributed by atoms with Crippen molar-refractivity contribution in [2.75, 3.05) is 14.2 Å². The minimum Gasteiger partial charge on any atom is -0.493 e. The molecule has 0 unspecified atom stereocenters. The predicted octanol–water partition coefficient (Wildman–Crippen LogP) is 4.26. The van der Waals surface area contributed by atoms with E-state index >= 15 is 0 Å². The highest BCUT2D eigenvalue weighted by atomic mass is 16.5. The highest BCUT2D eigenvalue weighted by Crippen LogP contribution is 2.32. The summed E-state index contributed by atoms with van der Waals surface area (Å²) in [5.74, 6) is 2.88. The van der Waals surface area contributed by atoms with E-state index in [9.17, 15) is 0 Å². The van der Waals surface area contributed by atoms with Gasteiger partial charge in [-0.15, -0.1) is 10.2 Å². The van der Waals surface area contributed by atoms with Crippen LogP contribution in [-0.2, 0) is 6.61 Å². The van der Waals surface area contributed by atoms with Gasteiger partial charge in [-0.3, -0.25) is 0 Å². The number of aryl methyl sites for hydroxylation is 3. The van der Waals surface area contributed by atoms with E-state index in [1.54, 1.807) is 26.4 Å². The average Bonchev–Trinajstić information content (AvgIpc) is 3.12. The molecule has 0 bridgehead atoms. The summed E-state index contributed by atoms with van der Waals surface area (Å²) in [6, 6.07) is 9.56. The van der Waals surface area contributed by atoms with E-state index in [4.69, 9.17) is 18.6 Å². The molecule has 0 amide bonds. The molecule has 26 heavy (non-hydrogen) atoms. The molecule has 0 radical (unpaired) electrons. The third-order valence-corrected chi connectivity index (χ3v) is 4.24. The lowest BCUT2D eigenvalue weighted by atomic mass is 10.1. The molecule has 0 atom stereocenters. The van der Waals surface area contributed by atoms with Gasteiger partial charge >= 0.3 is 0 Å². The molecule has 1 heterocycles. The molecule has 0 saturated carbocycles. The molecule has 6 nitrogen and oxygen atoms in total. The van der Waals surface area contributed by atoms with Crippen molar-refractivity contribution in [1.82, 2.24) is 10.2 Å². The molecule has 136 valence electrons. The summed E-state index contributed by atoms with van der Waals surface area (Å²) in [5.41, 5.74) is 4.25. The zero-order valence-corrected chi connectivity index (χ0v) is 15.6. The topological polar surface area (TPSA) is 66.6 Å². The fraction of sp³-hybridized carbons (Fsp3) is 0.300. The van der Waals surface area contributed by atoms with Crippen LogP contribution >= 0.6 is 0 Å². The van der Waals surface area contributed by atoms with Crippen molar-refractivity contribution >= 4 is 0 Å².